The van der Waals surface area contributed by atoms with Gasteiger partial charge in [-0.15, -0.1) is 0 Å². The molecule has 1 saturated heterocycles. The summed E-state index contributed by atoms with van der Waals surface area (Å²) in [7, 11) is -1.74. The fraction of sp³-hybridized carbons (Fsp3) is 0.400. The highest BCUT2D eigenvalue weighted by molar-refractivity contribution is 7.89. The lowest BCUT2D eigenvalue weighted by molar-refractivity contribution is -0.926. The van der Waals surface area contributed by atoms with Crippen molar-refractivity contribution in [2.45, 2.75) is 11.6 Å². The zero-order valence-electron chi connectivity index (χ0n) is 13.4. The van der Waals surface area contributed by atoms with Gasteiger partial charge in [-0.3, -0.25) is 4.57 Å². The molecule has 0 saturated carbocycles. The van der Waals surface area contributed by atoms with Crippen molar-refractivity contribution in [1.82, 2.24) is 13.4 Å². The molecule has 0 aliphatic carbocycles. The van der Waals surface area contributed by atoms with Crippen molar-refractivity contribution >= 4 is 22.2 Å². The Kier molecular flexibility index (Phi) is 4.86. The van der Waals surface area contributed by atoms with E-state index in [-0.39, 0.29) is 4.90 Å². The summed E-state index contributed by atoms with van der Waals surface area (Å²) in [6.07, 6.45) is 3.84. The molecule has 130 valence electrons. The van der Waals surface area contributed by atoms with Gasteiger partial charge in [0.2, 0.25) is 10.0 Å². The number of aromatic nitrogens is 2. The summed E-state index contributed by atoms with van der Waals surface area (Å²) in [5.41, 5.74) is 0. The highest BCUT2D eigenvalue weighted by Crippen LogP contribution is 2.16. The molecule has 0 amide bonds. The van der Waals surface area contributed by atoms with Crippen LogP contribution in [-0.2, 0) is 23.7 Å². The average Bonchev–Trinajstić information content (AvgIpc) is 2.87. The van der Waals surface area contributed by atoms with Gasteiger partial charge >= 0.3 is 0 Å². The van der Waals surface area contributed by atoms with Gasteiger partial charge in [-0.1, -0.05) is 6.07 Å². The van der Waals surface area contributed by atoms with E-state index in [1.54, 1.807) is 0 Å². The summed E-state index contributed by atoms with van der Waals surface area (Å²) in [4.78, 5) is 1.28. The predicted molar refractivity (Wildman–Crippen MR) is 90.1 cm³/mol. The van der Waals surface area contributed by atoms with Crippen LogP contribution in [0.2, 0.25) is 0 Å². The molecule has 6 nitrogen and oxygen atoms in total. The third-order valence-corrected chi connectivity index (χ3v) is 6.69. The van der Waals surface area contributed by atoms with Gasteiger partial charge < -0.3 is 9.47 Å². The Morgan fingerprint density at radius 1 is 1.25 bits per heavy atom. The van der Waals surface area contributed by atoms with Crippen LogP contribution in [0, 0.1) is 10.6 Å². The molecule has 1 aliphatic heterocycles. The Bertz CT molecular complexity index is 883. The van der Waals surface area contributed by atoms with Gasteiger partial charge in [0, 0.05) is 19.4 Å². The van der Waals surface area contributed by atoms with E-state index in [9.17, 15) is 12.8 Å². The third kappa shape index (κ3) is 3.44. The Hall–Kier alpha value is -1.55. The smallest absolute Gasteiger partial charge is 0.243 e. The van der Waals surface area contributed by atoms with Gasteiger partial charge in [0.1, 0.15) is 5.82 Å². The van der Waals surface area contributed by atoms with Gasteiger partial charge in [0.15, 0.2) is 11.4 Å². The molecule has 0 spiro atoms. The van der Waals surface area contributed by atoms with E-state index in [2.05, 4.69) is 0 Å². The van der Waals surface area contributed by atoms with Crippen LogP contribution in [0.25, 0.3) is 0 Å². The summed E-state index contributed by atoms with van der Waals surface area (Å²) in [6, 6.07) is 5.16. The molecule has 1 N–H and O–H groups in total. The number of aryl methyl sites for hydroxylation is 1. The Morgan fingerprint density at radius 3 is 2.54 bits per heavy atom. The van der Waals surface area contributed by atoms with E-state index >= 15 is 0 Å². The highest BCUT2D eigenvalue weighted by atomic mass is 32.2. The fourth-order valence-electron chi connectivity index (χ4n) is 2.85. The summed E-state index contributed by atoms with van der Waals surface area (Å²) in [5.74, 6) is -0.543. The molecule has 2 aromatic rings. The molecule has 24 heavy (non-hydrogen) atoms. The van der Waals surface area contributed by atoms with Crippen LogP contribution in [0.4, 0.5) is 4.39 Å². The number of hydrogen-bond acceptors (Lipinski definition) is 3. The Morgan fingerprint density at radius 2 is 1.96 bits per heavy atom. The molecule has 0 unspecified atom stereocenters. The van der Waals surface area contributed by atoms with Crippen LogP contribution in [0.3, 0.4) is 0 Å². The molecule has 0 atom stereocenters. The number of hydrogen-bond donors (Lipinski definition) is 1. The topological polar surface area (TPSA) is 51.7 Å². The highest BCUT2D eigenvalue weighted by Gasteiger charge is 2.30. The minimum atomic E-state index is -3.64. The van der Waals surface area contributed by atoms with Crippen LogP contribution in [0.5, 0.6) is 0 Å². The first-order valence-electron chi connectivity index (χ1n) is 7.69. The maximum Gasteiger partial charge on any atom is 0.243 e. The van der Waals surface area contributed by atoms with E-state index in [4.69, 9.17) is 12.2 Å². The number of halogens is 1. The first-order chi connectivity index (χ1) is 11.4. The van der Waals surface area contributed by atoms with Crippen molar-refractivity contribution in [3.63, 3.8) is 0 Å². The van der Waals surface area contributed by atoms with E-state index < -0.39 is 15.8 Å². The van der Waals surface area contributed by atoms with Gasteiger partial charge in [-0.2, -0.15) is 4.31 Å². The number of rotatable bonds is 4. The number of nitrogens with zero attached hydrogens (tertiary/aromatic N) is 3. The molecule has 2 heterocycles. The molecule has 1 aromatic carbocycles. The molecular formula is C15H20FN4O2S2+. The van der Waals surface area contributed by atoms with E-state index in [0.29, 0.717) is 32.8 Å². The lowest BCUT2D eigenvalue weighted by Gasteiger charge is -2.31. The number of nitrogens with one attached hydrogen (secondary N) is 1. The second-order valence-corrected chi connectivity index (χ2v) is 8.23. The fourth-order valence-corrected chi connectivity index (χ4v) is 4.51. The second kappa shape index (κ2) is 6.75. The molecule has 1 fully saturated rings. The number of sulfonamides is 1. The molecule has 9 heteroatoms. The van der Waals surface area contributed by atoms with Crippen molar-refractivity contribution in [2.24, 2.45) is 7.05 Å². The number of imidazole rings is 1. The zero-order chi connectivity index (χ0) is 17.3. The second-order valence-electron chi connectivity index (χ2n) is 5.93. The monoisotopic (exact) mass is 371 g/mol. The van der Waals surface area contributed by atoms with Gasteiger partial charge in [0.25, 0.3) is 0 Å². The van der Waals surface area contributed by atoms with Crippen LogP contribution < -0.4 is 4.90 Å². The minimum absolute atomic E-state index is 0.0104. The SMILES string of the molecule is Cn1ccn(C[NH+]2CCN(S(=O)(=O)c3cccc(F)c3)CC2)c1=S. The maximum atomic E-state index is 13.3. The van der Waals surface area contributed by atoms with Gasteiger partial charge in [0.05, 0.1) is 31.1 Å². The minimum Gasteiger partial charge on any atom is -0.327 e. The number of piperazine rings is 1. The summed E-state index contributed by atoms with van der Waals surface area (Å²) in [5, 5.41) is 0. The maximum absolute atomic E-state index is 13.3. The van der Waals surface area contributed by atoms with Gasteiger partial charge in [-0.25, -0.2) is 12.8 Å². The summed E-state index contributed by atoms with van der Waals surface area (Å²) >= 11 is 5.32. The molecule has 0 radical (unpaired) electrons. The average molecular weight is 371 g/mol. The Labute approximate surface area is 145 Å². The first-order valence-corrected chi connectivity index (χ1v) is 9.54. The van der Waals surface area contributed by atoms with E-state index in [1.807, 2.05) is 28.6 Å². The summed E-state index contributed by atoms with van der Waals surface area (Å²) < 4.78 is 44.5. The van der Waals surface area contributed by atoms with E-state index in [0.717, 1.165) is 10.8 Å². The lowest BCUT2D eigenvalue weighted by Crippen LogP contribution is -3.14. The molecule has 0 bridgehead atoms. The van der Waals surface area contributed by atoms with E-state index in [1.165, 1.54) is 27.4 Å². The molecular weight excluding hydrogens is 351 g/mol. The molecule has 1 aliphatic rings. The normalized spacial score (nSPS) is 17.2. The zero-order valence-corrected chi connectivity index (χ0v) is 15.0. The summed E-state index contributed by atoms with van der Waals surface area (Å²) in [6.45, 7) is 2.91. The van der Waals surface area contributed by atoms with Crippen molar-refractivity contribution < 1.29 is 17.7 Å². The first kappa shape index (κ1) is 17.3. The Balaban J connectivity index is 1.66. The van der Waals surface area contributed by atoms with Crippen molar-refractivity contribution in [1.29, 1.82) is 0 Å². The van der Waals surface area contributed by atoms with Gasteiger partial charge in [-0.05, 0) is 30.4 Å². The van der Waals surface area contributed by atoms with Crippen LogP contribution >= 0.6 is 12.2 Å². The quantitative estimate of drug-likeness (QED) is 0.784. The van der Waals surface area contributed by atoms with Crippen LogP contribution in [0.15, 0.2) is 41.6 Å². The lowest BCUT2D eigenvalue weighted by atomic mass is 10.4. The van der Waals surface area contributed by atoms with Crippen molar-refractivity contribution in [3.05, 3.63) is 47.2 Å². The molecule has 3 rings (SSSR count). The predicted octanol–water partition coefficient (Wildman–Crippen LogP) is 0.242. The number of benzene rings is 1. The number of quaternary nitrogens is 1. The largest absolute Gasteiger partial charge is 0.327 e. The van der Waals surface area contributed by atoms with Crippen molar-refractivity contribution in [3.8, 4) is 0 Å². The van der Waals surface area contributed by atoms with Crippen LogP contribution in [-0.4, -0.2) is 48.0 Å². The standard InChI is InChI=1S/C15H19FN4O2S2/c1-17-5-8-19(15(17)23)12-18-6-9-20(10-7-18)24(21,22)14-4-2-3-13(16)11-14/h2-5,8,11H,6-7,9-10,12H2,1H3/p+1. The third-order valence-electron chi connectivity index (χ3n) is 4.27. The molecule has 1 aromatic heterocycles. The van der Waals surface area contributed by atoms with Crippen LogP contribution in [0.1, 0.15) is 0 Å². The van der Waals surface area contributed by atoms with Crippen molar-refractivity contribution in [2.75, 3.05) is 26.2 Å².